The van der Waals surface area contributed by atoms with Gasteiger partial charge in [0.2, 0.25) is 0 Å². The number of nitrogens with one attached hydrogen (secondary N) is 1. The van der Waals surface area contributed by atoms with Crippen LogP contribution < -0.4 is 5.32 Å². The highest BCUT2D eigenvalue weighted by Gasteiger charge is 2.10. The van der Waals surface area contributed by atoms with Crippen LogP contribution in [0.2, 0.25) is 5.02 Å². The van der Waals surface area contributed by atoms with Crippen molar-refractivity contribution in [2.45, 2.75) is 13.3 Å². The second-order valence-corrected chi connectivity index (χ2v) is 7.67. The van der Waals surface area contributed by atoms with Gasteiger partial charge >= 0.3 is 0 Å². The molecule has 0 saturated heterocycles. The van der Waals surface area contributed by atoms with Crippen molar-refractivity contribution in [2.24, 2.45) is 0 Å². The summed E-state index contributed by atoms with van der Waals surface area (Å²) >= 11 is 7.63. The van der Waals surface area contributed by atoms with Crippen LogP contribution in [-0.4, -0.2) is 31.1 Å². The Morgan fingerprint density at radius 3 is 2.75 bits per heavy atom. The molecule has 1 N–H and O–H groups in total. The van der Waals surface area contributed by atoms with E-state index >= 15 is 0 Å². The lowest BCUT2D eigenvalue weighted by Gasteiger charge is -2.04. The van der Waals surface area contributed by atoms with Crippen molar-refractivity contribution in [3.8, 4) is 5.69 Å². The number of halogens is 1. The third kappa shape index (κ3) is 4.08. The Labute approximate surface area is 170 Å². The molecular formula is C19H15ClN6OS. The summed E-state index contributed by atoms with van der Waals surface area (Å²) < 4.78 is 1.52. The fourth-order valence-corrected chi connectivity index (χ4v) is 3.65. The van der Waals surface area contributed by atoms with E-state index in [2.05, 4.69) is 25.8 Å². The minimum Gasteiger partial charge on any atom is -0.298 e. The average Bonchev–Trinajstić information content (AvgIpc) is 3.37. The molecule has 28 heavy (non-hydrogen) atoms. The quantitative estimate of drug-likeness (QED) is 0.538. The molecule has 0 unspecified atom stereocenters. The molecule has 2 aromatic carbocycles. The van der Waals surface area contributed by atoms with Gasteiger partial charge in [-0.25, -0.2) is 9.67 Å². The fraction of sp³-hybridized carbons (Fsp3) is 0.105. The summed E-state index contributed by atoms with van der Waals surface area (Å²) in [6.45, 7) is 1.97. The van der Waals surface area contributed by atoms with Crippen molar-refractivity contribution in [3.05, 3.63) is 81.6 Å². The molecule has 7 nitrogen and oxygen atoms in total. The number of nitrogens with zero attached hydrogens (tertiary/aromatic N) is 5. The summed E-state index contributed by atoms with van der Waals surface area (Å²) in [7, 11) is 0. The molecule has 0 aliphatic heterocycles. The maximum absolute atomic E-state index is 12.5. The third-order valence-electron chi connectivity index (χ3n) is 4.13. The van der Waals surface area contributed by atoms with Crippen LogP contribution in [0.15, 0.2) is 55.0 Å². The normalized spacial score (nSPS) is 10.8. The van der Waals surface area contributed by atoms with Crippen LogP contribution in [0.1, 0.15) is 26.4 Å². The number of carbonyl (C=O) groups is 1. The van der Waals surface area contributed by atoms with E-state index in [-0.39, 0.29) is 5.91 Å². The highest BCUT2D eigenvalue weighted by Crippen LogP contribution is 2.24. The maximum atomic E-state index is 12.5. The van der Waals surface area contributed by atoms with Crippen LogP contribution in [0.5, 0.6) is 0 Å². The van der Waals surface area contributed by atoms with Crippen LogP contribution in [0.25, 0.3) is 5.69 Å². The first-order chi connectivity index (χ1) is 13.6. The van der Waals surface area contributed by atoms with Crippen molar-refractivity contribution in [1.29, 1.82) is 0 Å². The Kier molecular flexibility index (Phi) is 5.14. The van der Waals surface area contributed by atoms with Crippen molar-refractivity contribution in [1.82, 2.24) is 25.2 Å². The molecular weight excluding hydrogens is 396 g/mol. The molecule has 0 aliphatic rings. The number of aryl methyl sites for hydroxylation is 1. The molecule has 2 aromatic heterocycles. The first-order valence-corrected chi connectivity index (χ1v) is 9.62. The Bertz CT molecular complexity index is 1110. The highest BCUT2D eigenvalue weighted by atomic mass is 35.5. The van der Waals surface area contributed by atoms with Gasteiger partial charge in [-0.1, -0.05) is 23.7 Å². The first-order valence-electron chi connectivity index (χ1n) is 8.43. The first kappa shape index (κ1) is 18.3. The largest absolute Gasteiger partial charge is 0.298 e. The van der Waals surface area contributed by atoms with Gasteiger partial charge in [0, 0.05) is 28.1 Å². The minimum atomic E-state index is -0.220. The second kappa shape index (κ2) is 7.87. The molecule has 0 saturated carbocycles. The van der Waals surface area contributed by atoms with Gasteiger partial charge in [0.25, 0.3) is 5.91 Å². The smallest absolute Gasteiger partial charge is 0.257 e. The molecule has 4 rings (SSSR count). The van der Waals surface area contributed by atoms with E-state index in [9.17, 15) is 4.79 Å². The van der Waals surface area contributed by atoms with Crippen LogP contribution >= 0.6 is 22.9 Å². The number of hydrogen-bond acceptors (Lipinski definition) is 6. The Balaban J connectivity index is 1.41. The number of hydrogen-bond donors (Lipinski definition) is 1. The number of thiazole rings is 1. The standard InChI is InChI=1S/C19H15ClN6OS/c1-12-2-3-13(9-17(12)20)8-16-10-21-19(28-16)23-18(27)14-4-6-15(7-5-14)26-11-22-24-25-26/h2-7,9-11H,8H2,1H3,(H,21,23,27). The number of carbonyl (C=O) groups excluding carboxylic acids is 1. The van der Waals surface area contributed by atoms with Crippen LogP contribution in [0.3, 0.4) is 0 Å². The molecule has 0 aliphatic carbocycles. The Morgan fingerprint density at radius 1 is 1.21 bits per heavy atom. The van der Waals surface area contributed by atoms with Crippen molar-refractivity contribution in [3.63, 3.8) is 0 Å². The Morgan fingerprint density at radius 2 is 2.04 bits per heavy atom. The lowest BCUT2D eigenvalue weighted by atomic mass is 10.1. The number of aromatic nitrogens is 5. The van der Waals surface area contributed by atoms with Gasteiger partial charge in [-0.05, 0) is 58.8 Å². The number of anilines is 1. The van der Waals surface area contributed by atoms with E-state index in [0.717, 1.165) is 26.7 Å². The molecule has 0 atom stereocenters. The van der Waals surface area contributed by atoms with E-state index in [4.69, 9.17) is 11.6 Å². The molecule has 4 aromatic rings. The maximum Gasteiger partial charge on any atom is 0.257 e. The summed E-state index contributed by atoms with van der Waals surface area (Å²) in [5, 5.41) is 15.1. The SMILES string of the molecule is Cc1ccc(Cc2cnc(NC(=O)c3ccc(-n4cnnn4)cc3)s2)cc1Cl. The third-order valence-corrected chi connectivity index (χ3v) is 5.45. The van der Waals surface area contributed by atoms with Gasteiger partial charge in [0.1, 0.15) is 6.33 Å². The second-order valence-electron chi connectivity index (χ2n) is 6.15. The van der Waals surface area contributed by atoms with Gasteiger partial charge < -0.3 is 0 Å². The molecule has 0 fully saturated rings. The van der Waals surface area contributed by atoms with E-state index < -0.39 is 0 Å². The van der Waals surface area contributed by atoms with Gasteiger partial charge in [0.05, 0.1) is 5.69 Å². The molecule has 0 spiro atoms. The molecule has 0 radical (unpaired) electrons. The van der Waals surface area contributed by atoms with E-state index in [1.807, 2.05) is 25.1 Å². The zero-order chi connectivity index (χ0) is 19.5. The average molecular weight is 411 g/mol. The predicted octanol–water partition coefficient (Wildman–Crippen LogP) is 3.92. The number of tetrazole rings is 1. The summed E-state index contributed by atoms with van der Waals surface area (Å²) in [6, 6.07) is 13.0. The number of rotatable bonds is 5. The molecule has 0 bridgehead atoms. The van der Waals surface area contributed by atoms with Crippen LogP contribution in [0.4, 0.5) is 5.13 Å². The monoisotopic (exact) mass is 410 g/mol. The highest BCUT2D eigenvalue weighted by molar-refractivity contribution is 7.15. The molecule has 1 amide bonds. The van der Waals surface area contributed by atoms with E-state index in [1.54, 1.807) is 30.5 Å². The van der Waals surface area contributed by atoms with Gasteiger partial charge in [-0.2, -0.15) is 0 Å². The molecule has 9 heteroatoms. The predicted molar refractivity (Wildman–Crippen MR) is 108 cm³/mol. The molecule has 140 valence electrons. The topological polar surface area (TPSA) is 85.6 Å². The van der Waals surface area contributed by atoms with Gasteiger partial charge in [-0.15, -0.1) is 16.4 Å². The summed E-state index contributed by atoms with van der Waals surface area (Å²) in [6.07, 6.45) is 3.98. The molecule has 2 heterocycles. The van der Waals surface area contributed by atoms with Gasteiger partial charge in [-0.3, -0.25) is 10.1 Å². The van der Waals surface area contributed by atoms with Crippen molar-refractivity contribution < 1.29 is 4.79 Å². The van der Waals surface area contributed by atoms with E-state index in [0.29, 0.717) is 17.1 Å². The summed E-state index contributed by atoms with van der Waals surface area (Å²) in [5.41, 5.74) is 3.46. The summed E-state index contributed by atoms with van der Waals surface area (Å²) in [4.78, 5) is 17.8. The zero-order valence-corrected chi connectivity index (χ0v) is 16.4. The zero-order valence-electron chi connectivity index (χ0n) is 14.8. The lowest BCUT2D eigenvalue weighted by molar-refractivity contribution is 0.102. The van der Waals surface area contributed by atoms with E-state index in [1.165, 1.54) is 22.3 Å². The minimum absolute atomic E-state index is 0.220. The van der Waals surface area contributed by atoms with Crippen molar-refractivity contribution in [2.75, 3.05) is 5.32 Å². The number of benzene rings is 2. The lowest BCUT2D eigenvalue weighted by Crippen LogP contribution is -2.11. The van der Waals surface area contributed by atoms with Crippen LogP contribution in [0, 0.1) is 6.92 Å². The number of amides is 1. The van der Waals surface area contributed by atoms with Gasteiger partial charge in [0.15, 0.2) is 5.13 Å². The van der Waals surface area contributed by atoms with Crippen molar-refractivity contribution >= 4 is 34.0 Å². The summed E-state index contributed by atoms with van der Waals surface area (Å²) in [5.74, 6) is -0.220. The van der Waals surface area contributed by atoms with Crippen LogP contribution in [-0.2, 0) is 6.42 Å². The Hall–Kier alpha value is -3.10. The fourth-order valence-electron chi connectivity index (χ4n) is 2.61.